The molecule has 1 rings (SSSR count). The second-order valence-electron chi connectivity index (χ2n) is 5.31. The van der Waals surface area contributed by atoms with Crippen LogP contribution in [0.1, 0.15) is 46.9 Å². The van der Waals surface area contributed by atoms with Crippen LogP contribution >= 0.6 is 11.8 Å². The lowest BCUT2D eigenvalue weighted by molar-refractivity contribution is -0.121. The second-order valence-corrected chi connectivity index (χ2v) is 6.62. The van der Waals surface area contributed by atoms with Crippen LogP contribution in [0.3, 0.4) is 0 Å². The number of thioether (sulfide) groups is 1. The summed E-state index contributed by atoms with van der Waals surface area (Å²) in [6.45, 7) is 9.85. The van der Waals surface area contributed by atoms with Crippen LogP contribution in [0, 0.1) is 0 Å². The number of nitrogens with one attached hydrogen (secondary N) is 2. The van der Waals surface area contributed by atoms with Crippen LogP contribution in [0.4, 0.5) is 0 Å². The Labute approximate surface area is 113 Å². The number of nitrogens with zero attached hydrogens (tertiary/aromatic N) is 2. The van der Waals surface area contributed by atoms with Crippen molar-refractivity contribution in [2.45, 2.75) is 63.4 Å². The van der Waals surface area contributed by atoms with Crippen molar-refractivity contribution in [1.29, 1.82) is 0 Å². The molecule has 1 heterocycles. The van der Waals surface area contributed by atoms with Crippen molar-refractivity contribution >= 4 is 17.7 Å². The average Bonchev–Trinajstić information content (AvgIpc) is 2.63. The third-order valence-corrected chi connectivity index (χ3v) is 3.11. The van der Waals surface area contributed by atoms with Gasteiger partial charge in [-0.3, -0.25) is 9.89 Å². The zero-order valence-electron chi connectivity index (χ0n) is 11.7. The van der Waals surface area contributed by atoms with Gasteiger partial charge < -0.3 is 5.32 Å². The van der Waals surface area contributed by atoms with E-state index in [0.717, 1.165) is 18.7 Å². The average molecular weight is 270 g/mol. The number of aromatic amines is 1. The summed E-state index contributed by atoms with van der Waals surface area (Å²) in [6, 6.07) is 0. The predicted octanol–water partition coefficient (Wildman–Crippen LogP) is 2.15. The van der Waals surface area contributed by atoms with Gasteiger partial charge in [0.2, 0.25) is 11.1 Å². The fourth-order valence-electron chi connectivity index (χ4n) is 1.36. The number of H-pyrrole nitrogens is 1. The lowest BCUT2D eigenvalue weighted by Gasteiger charge is -2.22. The van der Waals surface area contributed by atoms with Gasteiger partial charge in [0.15, 0.2) is 0 Å². The number of amides is 1. The summed E-state index contributed by atoms with van der Waals surface area (Å²) in [5.41, 5.74) is -0.210. The van der Waals surface area contributed by atoms with Gasteiger partial charge in [-0.1, -0.05) is 18.7 Å². The van der Waals surface area contributed by atoms with Gasteiger partial charge in [-0.25, -0.2) is 4.98 Å². The zero-order chi connectivity index (χ0) is 13.8. The molecule has 0 bridgehead atoms. The molecular weight excluding hydrogens is 248 g/mol. The van der Waals surface area contributed by atoms with Crippen LogP contribution in [0.25, 0.3) is 0 Å². The highest BCUT2D eigenvalue weighted by atomic mass is 32.2. The Morgan fingerprint density at radius 3 is 2.72 bits per heavy atom. The molecular formula is C12H22N4OS. The lowest BCUT2D eigenvalue weighted by atomic mass is 10.1. The number of hydrogen-bond acceptors (Lipinski definition) is 4. The maximum absolute atomic E-state index is 11.9. The summed E-state index contributed by atoms with van der Waals surface area (Å²) in [5, 5.41) is 10.4. The molecule has 1 atom stereocenters. The number of aromatic nitrogens is 3. The number of carbonyl (C=O) groups is 1. The van der Waals surface area contributed by atoms with Crippen LogP contribution in [0.2, 0.25) is 0 Å². The summed E-state index contributed by atoms with van der Waals surface area (Å²) in [5.74, 6) is 0.887. The maximum Gasteiger partial charge on any atom is 0.233 e. The van der Waals surface area contributed by atoms with E-state index < -0.39 is 0 Å². The molecule has 102 valence electrons. The molecule has 0 aliphatic carbocycles. The minimum Gasteiger partial charge on any atom is -0.351 e. The van der Waals surface area contributed by atoms with Crippen molar-refractivity contribution < 1.29 is 4.79 Å². The number of hydrogen-bond donors (Lipinski definition) is 2. The van der Waals surface area contributed by atoms with Crippen molar-refractivity contribution in [1.82, 2.24) is 20.5 Å². The third kappa shape index (κ3) is 5.08. The smallest absolute Gasteiger partial charge is 0.233 e. The van der Waals surface area contributed by atoms with Gasteiger partial charge >= 0.3 is 0 Å². The van der Waals surface area contributed by atoms with Gasteiger partial charge in [0.1, 0.15) is 5.82 Å². The Morgan fingerprint density at radius 2 is 2.17 bits per heavy atom. The van der Waals surface area contributed by atoms with Gasteiger partial charge in [0.25, 0.3) is 0 Å². The molecule has 1 aromatic rings. The van der Waals surface area contributed by atoms with Crippen molar-refractivity contribution in [3.05, 3.63) is 5.82 Å². The van der Waals surface area contributed by atoms with Gasteiger partial charge in [-0.2, -0.15) is 0 Å². The first kappa shape index (κ1) is 15.0. The van der Waals surface area contributed by atoms with Gasteiger partial charge in [0, 0.05) is 12.0 Å². The van der Waals surface area contributed by atoms with Crippen molar-refractivity contribution in [3.63, 3.8) is 0 Å². The van der Waals surface area contributed by atoms with Crippen molar-refractivity contribution in [2.24, 2.45) is 0 Å². The highest BCUT2D eigenvalue weighted by Crippen LogP contribution is 2.20. The molecule has 0 spiro atoms. The Morgan fingerprint density at radius 1 is 1.50 bits per heavy atom. The van der Waals surface area contributed by atoms with E-state index in [4.69, 9.17) is 0 Å². The summed E-state index contributed by atoms with van der Waals surface area (Å²) >= 11 is 1.37. The molecule has 0 saturated heterocycles. The van der Waals surface area contributed by atoms with Crippen LogP contribution in [0.15, 0.2) is 5.16 Å². The van der Waals surface area contributed by atoms with E-state index in [9.17, 15) is 4.79 Å². The first-order valence-corrected chi connectivity index (χ1v) is 7.09. The fraction of sp³-hybridized carbons (Fsp3) is 0.750. The van der Waals surface area contributed by atoms with E-state index in [0.29, 0.717) is 5.16 Å². The van der Waals surface area contributed by atoms with Crippen molar-refractivity contribution in [3.8, 4) is 0 Å². The molecule has 1 amide bonds. The van der Waals surface area contributed by atoms with E-state index in [2.05, 4.69) is 27.4 Å². The van der Waals surface area contributed by atoms with Gasteiger partial charge in [-0.15, -0.1) is 5.10 Å². The molecule has 0 radical (unpaired) electrons. The number of aryl methyl sites for hydroxylation is 1. The topological polar surface area (TPSA) is 70.7 Å². The third-order valence-electron chi connectivity index (χ3n) is 2.15. The van der Waals surface area contributed by atoms with E-state index >= 15 is 0 Å². The van der Waals surface area contributed by atoms with E-state index in [1.807, 2.05) is 27.7 Å². The Bertz CT molecular complexity index is 397. The van der Waals surface area contributed by atoms with E-state index in [-0.39, 0.29) is 16.7 Å². The monoisotopic (exact) mass is 270 g/mol. The van der Waals surface area contributed by atoms with E-state index in [1.54, 1.807) is 0 Å². The predicted molar refractivity (Wildman–Crippen MR) is 73.6 cm³/mol. The minimum absolute atomic E-state index is 0.00865. The zero-order valence-corrected chi connectivity index (χ0v) is 12.5. The van der Waals surface area contributed by atoms with Gasteiger partial charge in [-0.05, 0) is 34.1 Å². The molecule has 0 aliphatic heterocycles. The van der Waals surface area contributed by atoms with Crippen LogP contribution in [0.5, 0.6) is 0 Å². The maximum atomic E-state index is 11.9. The highest BCUT2D eigenvalue weighted by Gasteiger charge is 2.21. The first-order chi connectivity index (χ1) is 8.31. The molecule has 0 fully saturated rings. The highest BCUT2D eigenvalue weighted by molar-refractivity contribution is 8.00. The van der Waals surface area contributed by atoms with E-state index in [1.165, 1.54) is 11.8 Å². The molecule has 2 N–H and O–H groups in total. The quantitative estimate of drug-likeness (QED) is 0.804. The Kier molecular flexibility index (Phi) is 5.19. The molecule has 5 nitrogen and oxygen atoms in total. The summed E-state index contributed by atoms with van der Waals surface area (Å²) in [4.78, 5) is 16.2. The normalized spacial score (nSPS) is 13.4. The summed E-state index contributed by atoms with van der Waals surface area (Å²) in [6.07, 6.45) is 1.91. The summed E-state index contributed by atoms with van der Waals surface area (Å²) in [7, 11) is 0. The number of carbonyl (C=O) groups excluding carboxylic acids is 1. The molecule has 18 heavy (non-hydrogen) atoms. The molecule has 1 unspecified atom stereocenters. The molecule has 0 aromatic carbocycles. The lowest BCUT2D eigenvalue weighted by Crippen LogP contribution is -2.44. The largest absolute Gasteiger partial charge is 0.351 e. The first-order valence-electron chi connectivity index (χ1n) is 6.22. The summed E-state index contributed by atoms with van der Waals surface area (Å²) < 4.78 is 0. The van der Waals surface area contributed by atoms with Crippen LogP contribution in [-0.2, 0) is 11.2 Å². The fourth-order valence-corrected chi connectivity index (χ4v) is 2.11. The van der Waals surface area contributed by atoms with Gasteiger partial charge in [0.05, 0.1) is 5.25 Å². The molecule has 1 aromatic heterocycles. The molecule has 6 heteroatoms. The molecule has 0 saturated carbocycles. The Hall–Kier alpha value is -1.04. The Balaban J connectivity index is 2.52. The second kappa shape index (κ2) is 6.22. The minimum atomic E-state index is -0.210. The molecule has 0 aliphatic rings. The van der Waals surface area contributed by atoms with Crippen LogP contribution in [-0.4, -0.2) is 31.9 Å². The standard InChI is InChI=1S/C12H22N4OS/c1-6-7-9-13-11(16-15-9)18-8(2)10(17)14-12(3,4)5/h8H,6-7H2,1-5H3,(H,14,17)(H,13,15,16). The SMILES string of the molecule is CCCc1nc(SC(C)C(=O)NC(C)(C)C)n[nH]1. The van der Waals surface area contributed by atoms with Crippen molar-refractivity contribution in [2.75, 3.05) is 0 Å². The number of rotatable bonds is 5. The van der Waals surface area contributed by atoms with Crippen LogP contribution < -0.4 is 5.32 Å².